The molecule has 0 amide bonds. The maximum atomic E-state index is 10.3. The molecular weight excluding hydrogens is 202 g/mol. The van der Waals surface area contributed by atoms with Gasteiger partial charge in [-0.1, -0.05) is 0 Å². The van der Waals surface area contributed by atoms with Crippen molar-refractivity contribution in [1.29, 1.82) is 0 Å². The van der Waals surface area contributed by atoms with Crippen LogP contribution in [0.5, 0.6) is 0 Å². The summed E-state index contributed by atoms with van der Waals surface area (Å²) in [7, 11) is 0. The topological polar surface area (TPSA) is 75.1 Å². The number of carboxylic acid groups (broad SMARTS) is 1. The Bertz CT molecular complexity index is 370. The van der Waals surface area contributed by atoms with Gasteiger partial charge in [0, 0.05) is 23.3 Å². The third kappa shape index (κ3) is 1.95. The van der Waals surface area contributed by atoms with Crippen LogP contribution in [-0.4, -0.2) is 27.6 Å². The lowest BCUT2D eigenvalue weighted by Crippen LogP contribution is -2.14. The van der Waals surface area contributed by atoms with Crippen molar-refractivity contribution in [3.8, 4) is 0 Å². The number of fused-ring (bicyclic) bond motifs is 1. The van der Waals surface area contributed by atoms with E-state index in [0.717, 1.165) is 22.8 Å². The van der Waals surface area contributed by atoms with E-state index in [2.05, 4.69) is 15.3 Å². The molecule has 0 saturated heterocycles. The zero-order valence-electron chi connectivity index (χ0n) is 7.36. The maximum absolute atomic E-state index is 10.3. The van der Waals surface area contributed by atoms with E-state index in [1.807, 2.05) is 0 Å². The Balaban J connectivity index is 2.09. The van der Waals surface area contributed by atoms with Crippen LogP contribution < -0.4 is 5.32 Å². The third-order valence-electron chi connectivity index (χ3n) is 1.85. The molecule has 0 radical (unpaired) electrons. The average molecular weight is 211 g/mol. The Hall–Kier alpha value is -1.30. The molecule has 14 heavy (non-hydrogen) atoms. The highest BCUT2D eigenvalue weighted by Crippen LogP contribution is 2.27. The Kier molecular flexibility index (Phi) is 2.53. The van der Waals surface area contributed by atoms with Crippen LogP contribution in [0.2, 0.25) is 0 Å². The fourth-order valence-electron chi connectivity index (χ4n) is 1.19. The maximum Gasteiger partial charge on any atom is 0.322 e. The molecule has 1 aromatic heterocycles. The molecule has 74 valence electrons. The van der Waals surface area contributed by atoms with E-state index < -0.39 is 5.97 Å². The van der Waals surface area contributed by atoms with Gasteiger partial charge in [0.15, 0.2) is 0 Å². The number of carbonyl (C=O) groups is 1. The third-order valence-corrected chi connectivity index (χ3v) is 2.84. The van der Waals surface area contributed by atoms with Gasteiger partial charge in [0.1, 0.15) is 6.54 Å². The molecule has 0 spiro atoms. The highest BCUT2D eigenvalue weighted by Gasteiger charge is 2.13. The van der Waals surface area contributed by atoms with E-state index in [0.29, 0.717) is 5.95 Å². The molecule has 2 N–H and O–H groups in total. The first-order valence-corrected chi connectivity index (χ1v) is 5.29. The van der Waals surface area contributed by atoms with E-state index in [-0.39, 0.29) is 6.54 Å². The van der Waals surface area contributed by atoms with E-state index in [1.54, 1.807) is 18.0 Å². The van der Waals surface area contributed by atoms with Crippen LogP contribution in [0, 0.1) is 0 Å². The molecule has 0 aliphatic carbocycles. The normalized spacial score (nSPS) is 13.7. The monoisotopic (exact) mass is 211 g/mol. The fraction of sp³-hybridized carbons (Fsp3) is 0.375. The zero-order chi connectivity index (χ0) is 9.97. The minimum absolute atomic E-state index is 0.147. The quantitative estimate of drug-likeness (QED) is 0.767. The van der Waals surface area contributed by atoms with Crippen LogP contribution in [0.3, 0.4) is 0 Å². The molecule has 0 bridgehead atoms. The highest BCUT2D eigenvalue weighted by molar-refractivity contribution is 7.98. The minimum Gasteiger partial charge on any atom is -0.480 e. The summed E-state index contributed by atoms with van der Waals surface area (Å²) < 4.78 is 0. The minimum atomic E-state index is -0.913. The van der Waals surface area contributed by atoms with Gasteiger partial charge >= 0.3 is 5.97 Å². The number of nitrogens with one attached hydrogen (secondary N) is 1. The van der Waals surface area contributed by atoms with Crippen LogP contribution in [0.25, 0.3) is 0 Å². The van der Waals surface area contributed by atoms with E-state index in [4.69, 9.17) is 5.11 Å². The largest absolute Gasteiger partial charge is 0.480 e. The number of rotatable bonds is 3. The molecule has 5 nitrogen and oxygen atoms in total. The molecule has 1 aromatic rings. The lowest BCUT2D eigenvalue weighted by atomic mass is 10.3. The molecule has 0 unspecified atom stereocenters. The van der Waals surface area contributed by atoms with Crippen LogP contribution in [0.15, 0.2) is 6.20 Å². The van der Waals surface area contributed by atoms with Crippen molar-refractivity contribution >= 4 is 23.7 Å². The van der Waals surface area contributed by atoms with Gasteiger partial charge < -0.3 is 10.4 Å². The second-order valence-electron chi connectivity index (χ2n) is 2.91. The number of thioether (sulfide) groups is 1. The van der Waals surface area contributed by atoms with Gasteiger partial charge in [0.2, 0.25) is 5.95 Å². The van der Waals surface area contributed by atoms with Crippen LogP contribution in [-0.2, 0) is 16.3 Å². The molecular formula is C8H9N3O2S. The predicted molar refractivity (Wildman–Crippen MR) is 53.2 cm³/mol. The molecule has 2 heterocycles. The van der Waals surface area contributed by atoms with Gasteiger partial charge in [-0.05, 0) is 0 Å². The Morgan fingerprint density at radius 3 is 3.29 bits per heavy atom. The van der Waals surface area contributed by atoms with Gasteiger partial charge in [0.25, 0.3) is 0 Å². The predicted octanol–water partition coefficient (Wildman–Crippen LogP) is 0.720. The molecule has 0 aromatic carbocycles. The van der Waals surface area contributed by atoms with Crippen molar-refractivity contribution in [2.45, 2.75) is 11.5 Å². The van der Waals surface area contributed by atoms with Crippen molar-refractivity contribution in [2.24, 2.45) is 0 Å². The standard InChI is InChI=1S/C8H9N3O2S/c12-7(13)2-10-8-9-1-5-3-14-4-6(5)11-8/h1H,2-4H2,(H,12,13)(H,9,10,11). The number of aromatic nitrogens is 2. The Labute approximate surface area is 85.0 Å². The molecule has 0 fully saturated rings. The number of carboxylic acids is 1. The second kappa shape index (κ2) is 3.83. The molecule has 1 aliphatic heterocycles. The number of hydrogen-bond acceptors (Lipinski definition) is 5. The van der Waals surface area contributed by atoms with E-state index in [1.165, 1.54) is 0 Å². The van der Waals surface area contributed by atoms with Crippen molar-refractivity contribution in [2.75, 3.05) is 11.9 Å². The Morgan fingerprint density at radius 2 is 2.50 bits per heavy atom. The van der Waals surface area contributed by atoms with Crippen LogP contribution in [0.4, 0.5) is 5.95 Å². The van der Waals surface area contributed by atoms with Crippen molar-refractivity contribution in [3.63, 3.8) is 0 Å². The summed E-state index contributed by atoms with van der Waals surface area (Å²) in [5, 5.41) is 11.1. The average Bonchev–Trinajstić information content (AvgIpc) is 2.61. The van der Waals surface area contributed by atoms with Crippen molar-refractivity contribution in [1.82, 2.24) is 9.97 Å². The lowest BCUT2D eigenvalue weighted by Gasteiger charge is -2.02. The summed E-state index contributed by atoms with van der Waals surface area (Å²) in [6, 6.07) is 0. The Morgan fingerprint density at radius 1 is 1.64 bits per heavy atom. The summed E-state index contributed by atoms with van der Waals surface area (Å²) >= 11 is 1.79. The fourth-order valence-corrected chi connectivity index (χ4v) is 2.19. The van der Waals surface area contributed by atoms with Gasteiger partial charge in [0.05, 0.1) is 5.69 Å². The van der Waals surface area contributed by atoms with Crippen molar-refractivity contribution < 1.29 is 9.90 Å². The summed E-state index contributed by atoms with van der Waals surface area (Å²) in [5.41, 5.74) is 2.16. The summed E-state index contributed by atoms with van der Waals surface area (Å²) in [5.74, 6) is 1.32. The van der Waals surface area contributed by atoms with Crippen LogP contribution >= 0.6 is 11.8 Å². The number of nitrogens with zero attached hydrogens (tertiary/aromatic N) is 2. The second-order valence-corrected chi connectivity index (χ2v) is 3.89. The molecule has 1 aliphatic rings. The van der Waals surface area contributed by atoms with Gasteiger partial charge in [-0.2, -0.15) is 11.8 Å². The SMILES string of the molecule is O=C(O)CNc1ncc2c(n1)CSC2. The number of hydrogen-bond donors (Lipinski definition) is 2. The molecule has 2 rings (SSSR count). The summed E-state index contributed by atoms with van der Waals surface area (Å²) in [4.78, 5) is 18.5. The first-order valence-electron chi connectivity index (χ1n) is 4.14. The summed E-state index contributed by atoms with van der Waals surface area (Å²) in [6.45, 7) is -0.147. The van der Waals surface area contributed by atoms with Crippen molar-refractivity contribution in [3.05, 3.63) is 17.5 Å². The summed E-state index contributed by atoms with van der Waals surface area (Å²) in [6.07, 6.45) is 1.76. The number of aliphatic carboxylic acids is 1. The van der Waals surface area contributed by atoms with E-state index in [9.17, 15) is 4.79 Å². The van der Waals surface area contributed by atoms with Gasteiger partial charge in [-0.3, -0.25) is 4.79 Å². The first-order chi connectivity index (χ1) is 6.75. The lowest BCUT2D eigenvalue weighted by molar-refractivity contribution is -0.134. The molecule has 0 saturated carbocycles. The first kappa shape index (κ1) is 9.26. The van der Waals surface area contributed by atoms with Gasteiger partial charge in [-0.15, -0.1) is 0 Å². The molecule has 0 atom stereocenters. The number of anilines is 1. The van der Waals surface area contributed by atoms with E-state index >= 15 is 0 Å². The highest BCUT2D eigenvalue weighted by atomic mass is 32.2. The van der Waals surface area contributed by atoms with Gasteiger partial charge in [-0.25, -0.2) is 9.97 Å². The van der Waals surface area contributed by atoms with Crippen LogP contribution in [0.1, 0.15) is 11.3 Å². The zero-order valence-corrected chi connectivity index (χ0v) is 8.17. The molecule has 6 heteroatoms. The smallest absolute Gasteiger partial charge is 0.322 e.